The van der Waals surface area contributed by atoms with Crippen molar-refractivity contribution in [2.75, 3.05) is 11.1 Å². The molecule has 2 aromatic carbocycles. The van der Waals surface area contributed by atoms with Gasteiger partial charge < -0.3 is 11.1 Å². The molecule has 0 spiro atoms. The van der Waals surface area contributed by atoms with Crippen LogP contribution in [0.15, 0.2) is 42.5 Å². The van der Waals surface area contributed by atoms with Gasteiger partial charge in [-0.1, -0.05) is 12.1 Å². The van der Waals surface area contributed by atoms with Crippen molar-refractivity contribution >= 4 is 17.3 Å². The number of anilines is 2. The fourth-order valence-electron chi connectivity index (χ4n) is 1.72. The number of rotatable bonds is 2. The minimum absolute atomic E-state index is 0.0891. The molecule has 21 heavy (non-hydrogen) atoms. The van der Waals surface area contributed by atoms with E-state index < -0.39 is 23.5 Å². The molecular weight excluding hydrogens is 288 g/mol. The van der Waals surface area contributed by atoms with Gasteiger partial charge in [-0.05, 0) is 30.3 Å². The summed E-state index contributed by atoms with van der Waals surface area (Å²) in [5, 5.41) is 2.29. The van der Waals surface area contributed by atoms with Gasteiger partial charge >= 0.3 is 6.18 Å². The van der Waals surface area contributed by atoms with Crippen LogP contribution in [0.2, 0.25) is 0 Å². The molecule has 3 nitrogen and oxygen atoms in total. The standard InChI is InChI=1S/C14H10F4N2O/c15-11-7-8(5-6-10(11)14(16,17)18)20-13(21)9-3-1-2-4-12(9)19/h1-7H,19H2,(H,20,21). The Balaban J connectivity index is 2.23. The van der Waals surface area contributed by atoms with E-state index in [0.29, 0.717) is 12.1 Å². The van der Waals surface area contributed by atoms with Gasteiger partial charge in [-0.2, -0.15) is 13.2 Å². The molecule has 0 saturated carbocycles. The van der Waals surface area contributed by atoms with Crippen LogP contribution in [0, 0.1) is 5.82 Å². The molecule has 0 heterocycles. The topological polar surface area (TPSA) is 55.1 Å². The summed E-state index contributed by atoms with van der Waals surface area (Å²) in [6, 6.07) is 8.32. The van der Waals surface area contributed by atoms with E-state index in [9.17, 15) is 22.4 Å². The Labute approximate surface area is 117 Å². The summed E-state index contributed by atoms with van der Waals surface area (Å²) < 4.78 is 50.6. The molecule has 0 radical (unpaired) electrons. The number of nitrogens with one attached hydrogen (secondary N) is 1. The van der Waals surface area contributed by atoms with Crippen molar-refractivity contribution in [1.29, 1.82) is 0 Å². The molecule has 3 N–H and O–H groups in total. The van der Waals surface area contributed by atoms with Gasteiger partial charge in [0.15, 0.2) is 0 Å². The summed E-state index contributed by atoms with van der Waals surface area (Å²) >= 11 is 0. The van der Waals surface area contributed by atoms with Gasteiger partial charge in [-0.15, -0.1) is 0 Å². The lowest BCUT2D eigenvalue weighted by Gasteiger charge is -2.11. The number of alkyl halides is 3. The highest BCUT2D eigenvalue weighted by Crippen LogP contribution is 2.32. The maximum absolute atomic E-state index is 13.4. The molecule has 0 unspecified atom stereocenters. The van der Waals surface area contributed by atoms with Crippen molar-refractivity contribution < 1.29 is 22.4 Å². The second kappa shape index (κ2) is 5.43. The van der Waals surface area contributed by atoms with Crippen LogP contribution in [-0.2, 0) is 6.18 Å². The summed E-state index contributed by atoms with van der Waals surface area (Å²) in [6.45, 7) is 0. The van der Waals surface area contributed by atoms with Crippen LogP contribution in [0.25, 0.3) is 0 Å². The first-order chi connectivity index (χ1) is 9.79. The zero-order chi connectivity index (χ0) is 15.6. The van der Waals surface area contributed by atoms with Crippen molar-refractivity contribution in [3.8, 4) is 0 Å². The first-order valence-corrected chi connectivity index (χ1v) is 5.81. The average molecular weight is 298 g/mol. The molecule has 2 aromatic rings. The molecule has 0 aliphatic carbocycles. The summed E-state index contributed by atoms with van der Waals surface area (Å²) in [4.78, 5) is 11.9. The maximum atomic E-state index is 13.4. The predicted molar refractivity (Wildman–Crippen MR) is 70.2 cm³/mol. The predicted octanol–water partition coefficient (Wildman–Crippen LogP) is 3.68. The van der Waals surface area contributed by atoms with Crippen LogP contribution in [0.1, 0.15) is 15.9 Å². The Bertz CT molecular complexity index is 683. The number of nitrogen functional groups attached to an aromatic ring is 1. The monoisotopic (exact) mass is 298 g/mol. The number of hydrogen-bond donors (Lipinski definition) is 2. The maximum Gasteiger partial charge on any atom is 0.419 e. The zero-order valence-electron chi connectivity index (χ0n) is 10.5. The Morgan fingerprint density at radius 1 is 1.10 bits per heavy atom. The lowest BCUT2D eigenvalue weighted by Crippen LogP contribution is -2.15. The van der Waals surface area contributed by atoms with Gasteiger partial charge in [0, 0.05) is 11.4 Å². The van der Waals surface area contributed by atoms with Gasteiger partial charge in [0.1, 0.15) is 5.82 Å². The van der Waals surface area contributed by atoms with Crippen LogP contribution in [0.3, 0.4) is 0 Å². The van der Waals surface area contributed by atoms with E-state index in [1.165, 1.54) is 12.1 Å². The lowest BCUT2D eigenvalue weighted by atomic mass is 10.1. The summed E-state index contributed by atoms with van der Waals surface area (Å²) in [5.74, 6) is -2.09. The molecule has 0 atom stereocenters. The number of nitrogens with two attached hydrogens (primary N) is 1. The first kappa shape index (κ1) is 14.8. The third kappa shape index (κ3) is 3.31. The van der Waals surface area contributed by atoms with Crippen molar-refractivity contribution in [2.45, 2.75) is 6.18 Å². The Morgan fingerprint density at radius 3 is 2.33 bits per heavy atom. The number of para-hydroxylation sites is 1. The quantitative estimate of drug-likeness (QED) is 0.656. The largest absolute Gasteiger partial charge is 0.419 e. The number of halogens is 4. The highest BCUT2D eigenvalue weighted by Gasteiger charge is 2.34. The van der Waals surface area contributed by atoms with Gasteiger partial charge in [0.05, 0.1) is 11.1 Å². The Hall–Kier alpha value is -2.57. The van der Waals surface area contributed by atoms with E-state index in [1.54, 1.807) is 12.1 Å². The van der Waals surface area contributed by atoms with E-state index in [1.807, 2.05) is 0 Å². The zero-order valence-corrected chi connectivity index (χ0v) is 10.5. The fraction of sp³-hybridized carbons (Fsp3) is 0.0714. The minimum atomic E-state index is -4.78. The first-order valence-electron chi connectivity index (χ1n) is 5.81. The molecule has 0 aliphatic heterocycles. The average Bonchev–Trinajstić information content (AvgIpc) is 2.37. The van der Waals surface area contributed by atoms with Crippen molar-refractivity contribution in [1.82, 2.24) is 0 Å². The van der Waals surface area contributed by atoms with Gasteiger partial charge in [0.2, 0.25) is 0 Å². The SMILES string of the molecule is Nc1ccccc1C(=O)Nc1ccc(C(F)(F)F)c(F)c1. The van der Waals surface area contributed by atoms with E-state index in [-0.39, 0.29) is 16.9 Å². The highest BCUT2D eigenvalue weighted by molar-refractivity contribution is 6.07. The molecular formula is C14H10F4N2O. The Kier molecular flexibility index (Phi) is 3.84. The molecule has 1 amide bonds. The molecule has 2 rings (SSSR count). The van der Waals surface area contributed by atoms with Crippen molar-refractivity contribution in [2.24, 2.45) is 0 Å². The molecule has 7 heteroatoms. The fourth-order valence-corrected chi connectivity index (χ4v) is 1.72. The van der Waals surface area contributed by atoms with Gasteiger partial charge in [-0.25, -0.2) is 4.39 Å². The molecule has 0 aromatic heterocycles. The number of carbonyl (C=O) groups is 1. The van der Waals surface area contributed by atoms with Crippen LogP contribution >= 0.6 is 0 Å². The van der Waals surface area contributed by atoms with Gasteiger partial charge in [0.25, 0.3) is 5.91 Å². The Morgan fingerprint density at radius 2 is 1.76 bits per heavy atom. The number of benzene rings is 2. The number of amides is 1. The van der Waals surface area contributed by atoms with Crippen molar-refractivity contribution in [3.05, 3.63) is 59.4 Å². The van der Waals surface area contributed by atoms with E-state index >= 15 is 0 Å². The molecule has 0 bridgehead atoms. The highest BCUT2D eigenvalue weighted by atomic mass is 19.4. The van der Waals surface area contributed by atoms with E-state index in [4.69, 9.17) is 5.73 Å². The summed E-state index contributed by atoms with van der Waals surface area (Å²) in [6.07, 6.45) is -4.78. The third-order valence-electron chi connectivity index (χ3n) is 2.74. The second-order valence-corrected chi connectivity index (χ2v) is 4.23. The summed E-state index contributed by atoms with van der Waals surface area (Å²) in [7, 11) is 0. The van der Waals surface area contributed by atoms with E-state index in [2.05, 4.69) is 5.32 Å². The normalized spacial score (nSPS) is 11.2. The van der Waals surface area contributed by atoms with Crippen LogP contribution in [-0.4, -0.2) is 5.91 Å². The molecule has 0 saturated heterocycles. The van der Waals surface area contributed by atoms with Crippen molar-refractivity contribution in [3.63, 3.8) is 0 Å². The number of carbonyl (C=O) groups excluding carboxylic acids is 1. The van der Waals surface area contributed by atoms with E-state index in [0.717, 1.165) is 6.07 Å². The smallest absolute Gasteiger partial charge is 0.398 e. The number of hydrogen-bond acceptors (Lipinski definition) is 2. The summed E-state index contributed by atoms with van der Waals surface area (Å²) in [5.41, 5.74) is 4.49. The minimum Gasteiger partial charge on any atom is -0.398 e. The van der Waals surface area contributed by atoms with Crippen LogP contribution in [0.5, 0.6) is 0 Å². The van der Waals surface area contributed by atoms with Crippen LogP contribution < -0.4 is 11.1 Å². The van der Waals surface area contributed by atoms with Gasteiger partial charge in [-0.3, -0.25) is 4.79 Å². The van der Waals surface area contributed by atoms with Crippen LogP contribution in [0.4, 0.5) is 28.9 Å². The second-order valence-electron chi connectivity index (χ2n) is 4.23. The third-order valence-corrected chi connectivity index (χ3v) is 2.74. The molecule has 110 valence electrons. The lowest BCUT2D eigenvalue weighted by molar-refractivity contribution is -0.139. The molecule has 0 aliphatic rings. The molecule has 0 fully saturated rings.